The Morgan fingerprint density at radius 3 is 2.55 bits per heavy atom. The normalized spacial score (nSPS) is 10.3. The maximum absolute atomic E-state index is 12.0. The van der Waals surface area contributed by atoms with Gasteiger partial charge in [0.25, 0.3) is 0 Å². The van der Waals surface area contributed by atoms with Gasteiger partial charge in [-0.05, 0) is 19.1 Å². The standard InChI is InChI=1S/C15H19NO4/c1-4-16(11-15(18)20-3)14(17)10-9-12-7-5-6-8-13(12)19-2/h5-10H,4,11H2,1-3H3. The maximum atomic E-state index is 12.0. The molecule has 0 atom stereocenters. The van der Waals surface area contributed by atoms with E-state index >= 15 is 0 Å². The number of ether oxygens (including phenoxy) is 2. The molecular formula is C15H19NO4. The van der Waals surface area contributed by atoms with Gasteiger partial charge < -0.3 is 14.4 Å². The fourth-order valence-corrected chi connectivity index (χ4v) is 1.64. The molecule has 0 saturated carbocycles. The van der Waals surface area contributed by atoms with E-state index in [1.807, 2.05) is 24.3 Å². The number of hydrogen-bond donors (Lipinski definition) is 0. The number of benzene rings is 1. The highest BCUT2D eigenvalue weighted by Crippen LogP contribution is 2.18. The molecule has 0 saturated heterocycles. The molecular weight excluding hydrogens is 258 g/mol. The number of methoxy groups -OCH3 is 2. The number of nitrogens with zero attached hydrogens (tertiary/aromatic N) is 1. The van der Waals surface area contributed by atoms with Gasteiger partial charge in [-0.3, -0.25) is 9.59 Å². The van der Waals surface area contributed by atoms with Crippen LogP contribution in [0.5, 0.6) is 5.75 Å². The summed E-state index contributed by atoms with van der Waals surface area (Å²) in [5.41, 5.74) is 0.803. The Balaban J connectivity index is 2.77. The van der Waals surface area contributed by atoms with E-state index in [1.54, 1.807) is 20.1 Å². The molecule has 0 radical (unpaired) electrons. The molecule has 0 heterocycles. The van der Waals surface area contributed by atoms with Gasteiger partial charge in [-0.15, -0.1) is 0 Å². The lowest BCUT2D eigenvalue weighted by atomic mass is 10.2. The predicted octanol–water partition coefficient (Wildman–Crippen LogP) is 1.73. The minimum absolute atomic E-state index is 0.0535. The van der Waals surface area contributed by atoms with E-state index in [2.05, 4.69) is 4.74 Å². The Labute approximate surface area is 118 Å². The number of para-hydroxylation sites is 1. The van der Waals surface area contributed by atoms with Crippen LogP contribution in [0, 0.1) is 0 Å². The topological polar surface area (TPSA) is 55.8 Å². The van der Waals surface area contributed by atoms with Crippen molar-refractivity contribution in [2.75, 3.05) is 27.3 Å². The average Bonchev–Trinajstić information content (AvgIpc) is 2.50. The first-order chi connectivity index (χ1) is 9.62. The second-order valence-corrected chi connectivity index (χ2v) is 4.00. The van der Waals surface area contributed by atoms with E-state index < -0.39 is 5.97 Å². The van der Waals surface area contributed by atoms with Crippen molar-refractivity contribution in [1.82, 2.24) is 4.90 Å². The highest BCUT2D eigenvalue weighted by Gasteiger charge is 2.13. The molecule has 20 heavy (non-hydrogen) atoms. The molecule has 5 heteroatoms. The molecule has 0 unspecified atom stereocenters. The Bertz CT molecular complexity index is 496. The fourth-order valence-electron chi connectivity index (χ4n) is 1.64. The van der Waals surface area contributed by atoms with Gasteiger partial charge in [0.05, 0.1) is 14.2 Å². The third kappa shape index (κ3) is 4.42. The molecule has 1 aromatic carbocycles. The highest BCUT2D eigenvalue weighted by molar-refractivity contribution is 5.94. The van der Waals surface area contributed by atoms with Crippen LogP contribution in [0.2, 0.25) is 0 Å². The summed E-state index contributed by atoms with van der Waals surface area (Å²) in [7, 11) is 2.87. The largest absolute Gasteiger partial charge is 0.496 e. The van der Waals surface area contributed by atoms with Gasteiger partial charge in [0.15, 0.2) is 0 Å². The molecule has 1 amide bonds. The summed E-state index contributed by atoms with van der Waals surface area (Å²) in [5.74, 6) is 0.00210. The molecule has 0 aliphatic heterocycles. The molecule has 0 spiro atoms. The third-order valence-corrected chi connectivity index (χ3v) is 2.79. The van der Waals surface area contributed by atoms with Crippen LogP contribution in [0.3, 0.4) is 0 Å². The molecule has 108 valence electrons. The molecule has 0 aliphatic carbocycles. The molecule has 5 nitrogen and oxygen atoms in total. The summed E-state index contributed by atoms with van der Waals surface area (Å²) < 4.78 is 9.75. The molecule has 1 aromatic rings. The van der Waals surface area contributed by atoms with Gasteiger partial charge in [0, 0.05) is 18.2 Å². The molecule has 0 N–H and O–H groups in total. The van der Waals surface area contributed by atoms with Crippen LogP contribution < -0.4 is 4.74 Å². The van der Waals surface area contributed by atoms with Crippen molar-refractivity contribution in [1.29, 1.82) is 0 Å². The van der Waals surface area contributed by atoms with Crippen LogP contribution in [-0.4, -0.2) is 44.1 Å². The van der Waals surface area contributed by atoms with Crippen molar-refractivity contribution in [2.24, 2.45) is 0 Å². The quantitative estimate of drug-likeness (QED) is 0.587. The van der Waals surface area contributed by atoms with Gasteiger partial charge in [-0.25, -0.2) is 0 Å². The monoisotopic (exact) mass is 277 g/mol. The minimum atomic E-state index is -0.439. The SMILES string of the molecule is CCN(CC(=O)OC)C(=O)C=Cc1ccccc1OC. The minimum Gasteiger partial charge on any atom is -0.496 e. The van der Waals surface area contributed by atoms with Crippen LogP contribution in [0.1, 0.15) is 12.5 Å². The van der Waals surface area contributed by atoms with Gasteiger partial charge in [0.1, 0.15) is 12.3 Å². The van der Waals surface area contributed by atoms with Gasteiger partial charge in [-0.1, -0.05) is 18.2 Å². The first-order valence-electron chi connectivity index (χ1n) is 6.29. The molecule has 0 fully saturated rings. The van der Waals surface area contributed by atoms with E-state index in [9.17, 15) is 9.59 Å². The Kier molecular flexibility index (Phi) is 6.29. The van der Waals surface area contributed by atoms with Gasteiger partial charge >= 0.3 is 5.97 Å². The van der Waals surface area contributed by atoms with Crippen molar-refractivity contribution in [3.63, 3.8) is 0 Å². The second-order valence-electron chi connectivity index (χ2n) is 4.00. The second kappa shape index (κ2) is 7.99. The summed E-state index contributed by atoms with van der Waals surface area (Å²) in [5, 5.41) is 0. The zero-order chi connectivity index (χ0) is 15.0. The van der Waals surface area contributed by atoms with Gasteiger partial charge in [0.2, 0.25) is 5.91 Å². The van der Waals surface area contributed by atoms with Crippen LogP contribution in [0.25, 0.3) is 6.08 Å². The van der Waals surface area contributed by atoms with E-state index in [0.717, 1.165) is 5.56 Å². The summed E-state index contributed by atoms with van der Waals surface area (Å²) in [6.45, 7) is 2.18. The van der Waals surface area contributed by atoms with Crippen molar-refractivity contribution >= 4 is 18.0 Å². The van der Waals surface area contributed by atoms with Crippen LogP contribution >= 0.6 is 0 Å². The summed E-state index contributed by atoms with van der Waals surface area (Å²) in [4.78, 5) is 24.6. The van der Waals surface area contributed by atoms with E-state index in [0.29, 0.717) is 12.3 Å². The summed E-state index contributed by atoms with van der Waals surface area (Å²) in [6, 6.07) is 7.38. The first kappa shape index (κ1) is 15.8. The smallest absolute Gasteiger partial charge is 0.325 e. The maximum Gasteiger partial charge on any atom is 0.325 e. The lowest BCUT2D eigenvalue weighted by Crippen LogP contribution is -2.34. The van der Waals surface area contributed by atoms with E-state index in [1.165, 1.54) is 18.1 Å². The average molecular weight is 277 g/mol. The number of rotatable bonds is 6. The number of carbonyl (C=O) groups excluding carboxylic acids is 2. The zero-order valence-electron chi connectivity index (χ0n) is 12.0. The molecule has 0 aliphatic rings. The van der Waals surface area contributed by atoms with Crippen LogP contribution in [0.15, 0.2) is 30.3 Å². The lowest BCUT2D eigenvalue weighted by Gasteiger charge is -2.17. The number of amides is 1. The Hall–Kier alpha value is -2.30. The summed E-state index contributed by atoms with van der Waals surface area (Å²) >= 11 is 0. The van der Waals surface area contributed by atoms with Crippen LogP contribution in [-0.2, 0) is 14.3 Å². The number of carbonyl (C=O) groups is 2. The van der Waals surface area contributed by atoms with Crippen molar-refractivity contribution < 1.29 is 19.1 Å². The summed E-state index contributed by atoms with van der Waals surface area (Å²) in [6.07, 6.45) is 3.09. The Morgan fingerprint density at radius 2 is 1.95 bits per heavy atom. The lowest BCUT2D eigenvalue weighted by molar-refractivity contribution is -0.145. The van der Waals surface area contributed by atoms with Crippen molar-refractivity contribution in [3.05, 3.63) is 35.9 Å². The predicted molar refractivity (Wildman–Crippen MR) is 76.3 cm³/mol. The fraction of sp³-hybridized carbons (Fsp3) is 0.333. The molecule has 0 aromatic heterocycles. The number of likely N-dealkylation sites (N-methyl/N-ethyl adjacent to an activating group) is 1. The molecule has 1 rings (SSSR count). The van der Waals surface area contributed by atoms with Crippen LogP contribution in [0.4, 0.5) is 0 Å². The molecule has 0 bridgehead atoms. The third-order valence-electron chi connectivity index (χ3n) is 2.79. The first-order valence-corrected chi connectivity index (χ1v) is 6.29. The number of hydrogen-bond acceptors (Lipinski definition) is 4. The highest BCUT2D eigenvalue weighted by atomic mass is 16.5. The van der Waals surface area contributed by atoms with Gasteiger partial charge in [-0.2, -0.15) is 0 Å². The number of esters is 1. The van der Waals surface area contributed by atoms with Crippen molar-refractivity contribution in [3.8, 4) is 5.75 Å². The van der Waals surface area contributed by atoms with E-state index in [4.69, 9.17) is 4.74 Å². The zero-order valence-corrected chi connectivity index (χ0v) is 12.0. The Morgan fingerprint density at radius 1 is 1.25 bits per heavy atom. The van der Waals surface area contributed by atoms with E-state index in [-0.39, 0.29) is 12.5 Å². The van der Waals surface area contributed by atoms with Crippen molar-refractivity contribution in [2.45, 2.75) is 6.92 Å².